The molecule has 1 aromatic carbocycles. The Bertz CT molecular complexity index is 669. The van der Waals surface area contributed by atoms with Crippen LogP contribution in [0, 0.1) is 0 Å². The monoisotopic (exact) mass is 356 g/mol. The number of nitrogens with zero attached hydrogens (tertiary/aromatic N) is 2. The van der Waals surface area contributed by atoms with Crippen LogP contribution < -0.4 is 0 Å². The standard InChI is InChI=1S/C16H21ClN2O3S/c17-23(21,22)15-9-16(20)19(12-15)11-14-5-3-13(4-6-14)10-18-7-1-2-8-18/h3-6,15H,1-2,7-12H2. The van der Waals surface area contributed by atoms with Gasteiger partial charge in [0.05, 0.1) is 0 Å². The Labute approximate surface area is 141 Å². The summed E-state index contributed by atoms with van der Waals surface area (Å²) in [6.45, 7) is 3.91. The Balaban J connectivity index is 1.59. The number of benzene rings is 1. The predicted molar refractivity (Wildman–Crippen MR) is 89.5 cm³/mol. The van der Waals surface area contributed by atoms with Crippen LogP contribution >= 0.6 is 10.7 Å². The van der Waals surface area contributed by atoms with Crippen LogP contribution in [0.15, 0.2) is 24.3 Å². The van der Waals surface area contributed by atoms with Gasteiger partial charge in [-0.15, -0.1) is 0 Å². The fourth-order valence-corrected chi connectivity index (χ4v) is 4.30. The lowest BCUT2D eigenvalue weighted by molar-refractivity contribution is -0.128. The highest BCUT2D eigenvalue weighted by Gasteiger charge is 2.37. The number of hydrogen-bond acceptors (Lipinski definition) is 4. The van der Waals surface area contributed by atoms with Gasteiger partial charge in [0.25, 0.3) is 0 Å². The largest absolute Gasteiger partial charge is 0.337 e. The first-order valence-electron chi connectivity index (χ1n) is 7.93. The van der Waals surface area contributed by atoms with E-state index in [-0.39, 0.29) is 18.9 Å². The van der Waals surface area contributed by atoms with Gasteiger partial charge >= 0.3 is 0 Å². The fraction of sp³-hybridized carbons (Fsp3) is 0.562. The van der Waals surface area contributed by atoms with Gasteiger partial charge in [-0.2, -0.15) is 0 Å². The van der Waals surface area contributed by atoms with Gasteiger partial charge in [0.2, 0.25) is 15.0 Å². The summed E-state index contributed by atoms with van der Waals surface area (Å²) >= 11 is 0. The van der Waals surface area contributed by atoms with Crippen molar-refractivity contribution in [3.63, 3.8) is 0 Å². The molecule has 1 unspecified atom stereocenters. The number of carbonyl (C=O) groups is 1. The fourth-order valence-electron chi connectivity index (χ4n) is 3.25. The molecule has 23 heavy (non-hydrogen) atoms. The maximum Gasteiger partial charge on any atom is 0.237 e. The van der Waals surface area contributed by atoms with E-state index in [2.05, 4.69) is 17.0 Å². The van der Waals surface area contributed by atoms with Crippen molar-refractivity contribution < 1.29 is 13.2 Å². The van der Waals surface area contributed by atoms with Crippen LogP contribution in [0.25, 0.3) is 0 Å². The van der Waals surface area contributed by atoms with Crippen molar-refractivity contribution in [1.29, 1.82) is 0 Å². The summed E-state index contributed by atoms with van der Waals surface area (Å²) in [5.74, 6) is -0.152. The van der Waals surface area contributed by atoms with Crippen molar-refractivity contribution in [2.45, 2.75) is 37.6 Å². The van der Waals surface area contributed by atoms with Crippen LogP contribution in [0.5, 0.6) is 0 Å². The van der Waals surface area contributed by atoms with Gasteiger partial charge in [-0.25, -0.2) is 8.42 Å². The van der Waals surface area contributed by atoms with Crippen LogP contribution in [0.2, 0.25) is 0 Å². The van der Waals surface area contributed by atoms with Gasteiger partial charge in [-0.1, -0.05) is 24.3 Å². The molecule has 126 valence electrons. The molecule has 2 aliphatic rings. The summed E-state index contributed by atoms with van der Waals surface area (Å²) in [4.78, 5) is 15.9. The van der Waals surface area contributed by atoms with E-state index < -0.39 is 14.3 Å². The third-order valence-corrected chi connectivity index (χ3v) is 6.45. The lowest BCUT2D eigenvalue weighted by atomic mass is 10.1. The maximum atomic E-state index is 11.9. The van der Waals surface area contributed by atoms with Crippen LogP contribution in [-0.4, -0.2) is 49.0 Å². The van der Waals surface area contributed by atoms with Gasteiger partial charge in [0, 0.05) is 36.7 Å². The topological polar surface area (TPSA) is 57.7 Å². The quantitative estimate of drug-likeness (QED) is 0.757. The van der Waals surface area contributed by atoms with E-state index in [1.807, 2.05) is 12.1 Å². The van der Waals surface area contributed by atoms with Gasteiger partial charge in [-0.05, 0) is 37.1 Å². The molecule has 2 saturated heterocycles. The third kappa shape index (κ3) is 4.25. The second kappa shape index (κ2) is 6.79. The molecule has 7 heteroatoms. The van der Waals surface area contributed by atoms with Crippen molar-refractivity contribution in [3.8, 4) is 0 Å². The van der Waals surface area contributed by atoms with E-state index in [0.717, 1.165) is 25.2 Å². The average molecular weight is 357 g/mol. The summed E-state index contributed by atoms with van der Waals surface area (Å²) in [6, 6.07) is 8.20. The first kappa shape index (κ1) is 16.7. The third-order valence-electron chi connectivity index (χ3n) is 4.58. The number of amides is 1. The molecule has 1 amide bonds. The Morgan fingerprint density at radius 2 is 1.61 bits per heavy atom. The van der Waals surface area contributed by atoms with E-state index in [4.69, 9.17) is 10.7 Å². The number of hydrogen-bond donors (Lipinski definition) is 0. The maximum absolute atomic E-state index is 11.9. The SMILES string of the molecule is O=C1CC(S(=O)(=O)Cl)CN1Cc1ccc(CN2CCCC2)cc1. The van der Waals surface area contributed by atoms with Gasteiger partial charge in [0.1, 0.15) is 5.25 Å². The lowest BCUT2D eigenvalue weighted by Gasteiger charge is -2.17. The molecule has 0 saturated carbocycles. The van der Waals surface area contributed by atoms with Gasteiger partial charge < -0.3 is 4.90 Å². The number of carbonyl (C=O) groups excluding carboxylic acids is 1. The molecular formula is C16H21ClN2O3S. The number of rotatable bonds is 5. The second-order valence-corrected chi connectivity index (χ2v) is 9.28. The zero-order valence-corrected chi connectivity index (χ0v) is 14.5. The molecule has 5 nitrogen and oxygen atoms in total. The Hall–Kier alpha value is -1.11. The lowest BCUT2D eigenvalue weighted by Crippen LogP contribution is -2.26. The van der Waals surface area contributed by atoms with E-state index in [9.17, 15) is 13.2 Å². The van der Waals surface area contributed by atoms with E-state index in [0.29, 0.717) is 6.54 Å². The average Bonchev–Trinajstić information content (AvgIpc) is 3.11. The smallest absolute Gasteiger partial charge is 0.237 e. The van der Waals surface area contributed by atoms with Crippen LogP contribution in [0.3, 0.4) is 0 Å². The predicted octanol–water partition coefficient (Wildman–Crippen LogP) is 1.95. The zero-order valence-electron chi connectivity index (χ0n) is 12.9. The summed E-state index contributed by atoms with van der Waals surface area (Å²) in [5, 5.41) is -0.786. The van der Waals surface area contributed by atoms with Crippen LogP contribution in [0.1, 0.15) is 30.4 Å². The minimum absolute atomic E-state index is 0.0150. The van der Waals surface area contributed by atoms with E-state index in [1.54, 1.807) is 4.90 Å². The normalized spacial score (nSPS) is 22.9. The highest BCUT2D eigenvalue weighted by Crippen LogP contribution is 2.23. The van der Waals surface area contributed by atoms with E-state index in [1.165, 1.54) is 18.4 Å². The van der Waals surface area contributed by atoms with E-state index >= 15 is 0 Å². The highest BCUT2D eigenvalue weighted by atomic mass is 35.7. The minimum Gasteiger partial charge on any atom is -0.337 e. The summed E-state index contributed by atoms with van der Waals surface area (Å²) in [7, 11) is 1.69. The zero-order chi connectivity index (χ0) is 16.4. The van der Waals surface area contributed by atoms with Crippen molar-refractivity contribution in [3.05, 3.63) is 35.4 Å². The molecule has 0 radical (unpaired) electrons. The Morgan fingerprint density at radius 3 is 2.13 bits per heavy atom. The molecule has 0 aromatic heterocycles. The molecule has 0 bridgehead atoms. The molecule has 2 aliphatic heterocycles. The summed E-state index contributed by atoms with van der Waals surface area (Å²) in [6.07, 6.45) is 2.54. The molecule has 2 fully saturated rings. The molecule has 0 spiro atoms. The van der Waals surface area contributed by atoms with Gasteiger partial charge in [-0.3, -0.25) is 9.69 Å². The highest BCUT2D eigenvalue weighted by molar-refractivity contribution is 8.14. The molecule has 2 heterocycles. The first-order chi connectivity index (χ1) is 10.9. The molecule has 3 rings (SSSR count). The molecule has 1 atom stereocenters. The van der Waals surface area contributed by atoms with Crippen molar-refractivity contribution in [2.75, 3.05) is 19.6 Å². The van der Waals surface area contributed by atoms with Crippen molar-refractivity contribution in [1.82, 2.24) is 9.80 Å². The molecule has 0 N–H and O–H groups in total. The van der Waals surface area contributed by atoms with Crippen LogP contribution in [0.4, 0.5) is 0 Å². The molecule has 0 aliphatic carbocycles. The Morgan fingerprint density at radius 1 is 1.04 bits per heavy atom. The van der Waals surface area contributed by atoms with Crippen molar-refractivity contribution >= 4 is 25.6 Å². The Kier molecular flexibility index (Phi) is 4.94. The minimum atomic E-state index is -3.68. The number of halogens is 1. The summed E-state index contributed by atoms with van der Waals surface area (Å²) in [5.41, 5.74) is 2.28. The van der Waals surface area contributed by atoms with Crippen molar-refractivity contribution in [2.24, 2.45) is 0 Å². The first-order valence-corrected chi connectivity index (χ1v) is 10.3. The molecular weight excluding hydrogens is 336 g/mol. The van der Waals surface area contributed by atoms with Gasteiger partial charge in [0.15, 0.2) is 0 Å². The van der Waals surface area contributed by atoms with Crippen LogP contribution in [-0.2, 0) is 26.9 Å². The summed E-state index contributed by atoms with van der Waals surface area (Å²) < 4.78 is 22.7. The molecule has 1 aromatic rings. The second-order valence-electron chi connectivity index (χ2n) is 6.38. The number of likely N-dealkylation sites (tertiary alicyclic amines) is 2.